The van der Waals surface area contributed by atoms with E-state index in [4.69, 9.17) is 9.47 Å². The van der Waals surface area contributed by atoms with Crippen LogP contribution in [-0.4, -0.2) is 71.1 Å². The zero-order valence-electron chi connectivity index (χ0n) is 24.6. The summed E-state index contributed by atoms with van der Waals surface area (Å²) < 4.78 is 30.1. The molecular formula is C30H35BFN7O3. The average Bonchev–Trinajstić information content (AvgIpc) is 3.60. The normalized spacial score (nSPS) is 14.1. The van der Waals surface area contributed by atoms with E-state index in [0.29, 0.717) is 36.1 Å². The SMILES string of the molecule is C=C(C)C(=C\C=C(/C)N(Cc1ncn(C2CN(C=O)C2)n1)c1cc(OC)cc(OC)c1F)/N=C\C(=C)c1cbn(C)c1. The van der Waals surface area contributed by atoms with E-state index in [1.165, 1.54) is 20.3 Å². The molecule has 3 aromatic rings. The van der Waals surface area contributed by atoms with Gasteiger partial charge in [0.2, 0.25) is 6.41 Å². The molecule has 0 bridgehead atoms. The Morgan fingerprint density at radius 2 is 2.00 bits per heavy atom. The Morgan fingerprint density at radius 1 is 1.24 bits per heavy atom. The molecule has 42 heavy (non-hydrogen) atoms. The summed E-state index contributed by atoms with van der Waals surface area (Å²) in [6.45, 7) is 13.2. The summed E-state index contributed by atoms with van der Waals surface area (Å²) in [4.78, 5) is 23.4. The summed E-state index contributed by atoms with van der Waals surface area (Å²) in [6, 6.07) is 3.15. The van der Waals surface area contributed by atoms with Crippen molar-refractivity contribution >= 4 is 30.9 Å². The summed E-state index contributed by atoms with van der Waals surface area (Å²) in [5, 5.41) is 4.61. The summed E-state index contributed by atoms with van der Waals surface area (Å²) in [6.07, 6.45) is 9.78. The van der Waals surface area contributed by atoms with Crippen molar-refractivity contribution in [2.24, 2.45) is 12.0 Å². The van der Waals surface area contributed by atoms with E-state index < -0.39 is 5.82 Å². The number of likely N-dealkylation sites (tertiary alicyclic amines) is 1. The summed E-state index contributed by atoms with van der Waals surface area (Å²) in [7, 11) is 6.81. The fraction of sp³-hybridized carbons (Fsp3) is 0.300. The van der Waals surface area contributed by atoms with Crippen molar-refractivity contribution in [3.05, 3.63) is 90.1 Å². The molecule has 1 saturated heterocycles. The van der Waals surface area contributed by atoms with Gasteiger partial charge in [-0.1, -0.05) is 0 Å². The Balaban J connectivity index is 1.67. The van der Waals surface area contributed by atoms with Crippen LogP contribution in [0.4, 0.5) is 10.1 Å². The quantitative estimate of drug-likeness (QED) is 0.173. The molecule has 1 aliphatic heterocycles. The predicted molar refractivity (Wildman–Crippen MR) is 163 cm³/mol. The van der Waals surface area contributed by atoms with Crippen molar-refractivity contribution < 1.29 is 18.7 Å². The molecule has 0 atom stereocenters. The molecule has 0 N–H and O–H groups in total. The van der Waals surface area contributed by atoms with Crippen molar-refractivity contribution in [1.82, 2.24) is 24.1 Å². The topological polar surface area (TPSA) is 90.0 Å². The number of anilines is 1. The first-order valence-corrected chi connectivity index (χ1v) is 13.3. The Bertz CT molecular complexity index is 1570. The number of aromatic nitrogens is 4. The summed E-state index contributed by atoms with van der Waals surface area (Å²) in [5.41, 5.74) is 4.05. The molecule has 10 nitrogen and oxygen atoms in total. The van der Waals surface area contributed by atoms with Gasteiger partial charge in [-0.3, -0.25) is 4.79 Å². The second-order valence-corrected chi connectivity index (χ2v) is 10.1. The first-order chi connectivity index (χ1) is 20.1. The number of rotatable bonds is 13. The molecule has 3 heterocycles. The second kappa shape index (κ2) is 13.3. The molecular weight excluding hydrogens is 536 g/mol. The van der Waals surface area contributed by atoms with Crippen molar-refractivity contribution in [3.63, 3.8) is 0 Å². The van der Waals surface area contributed by atoms with E-state index in [9.17, 15) is 4.79 Å². The molecule has 0 saturated carbocycles. The number of carbonyl (C=O) groups is 1. The molecule has 4 rings (SSSR count). The van der Waals surface area contributed by atoms with Crippen LogP contribution in [0.2, 0.25) is 0 Å². The van der Waals surface area contributed by atoms with E-state index in [0.717, 1.165) is 23.1 Å². The number of aliphatic imine (C=N–C) groups is 1. The van der Waals surface area contributed by atoms with Crippen molar-refractivity contribution in [2.75, 3.05) is 32.2 Å². The number of aryl methyl sites for hydroxylation is 1. The standard InChI is InChI=1S/C30H35BFN7O3/c1-20(2)26(33-13-21(3)23-12-31-36(5)14-23)9-8-22(4)38(27-10-25(41-6)11-28(42-7)30(27)32)17-29-34-18-39(35-29)24-15-37(16-24)19-40/h8-14,18-19,24H,1,3,15-17H2,2,4-7H3/b22-8+,26-9+,33-13-. The maximum atomic E-state index is 15.7. The van der Waals surface area contributed by atoms with Crippen molar-refractivity contribution in [2.45, 2.75) is 26.4 Å². The van der Waals surface area contributed by atoms with E-state index in [-0.39, 0.29) is 24.0 Å². The molecule has 0 unspecified atom stereocenters. The molecule has 0 spiro atoms. The van der Waals surface area contributed by atoms with Crippen LogP contribution in [0.3, 0.4) is 0 Å². The van der Waals surface area contributed by atoms with Gasteiger partial charge in [0.1, 0.15) is 12.1 Å². The number of halogens is 1. The van der Waals surface area contributed by atoms with Gasteiger partial charge in [-0.2, -0.15) is 5.10 Å². The third kappa shape index (κ3) is 6.94. The number of hydrogen-bond acceptors (Lipinski definition) is 7. The Labute approximate surface area is 246 Å². The number of nitrogens with zero attached hydrogens (tertiary/aromatic N) is 7. The molecule has 218 valence electrons. The second-order valence-electron chi connectivity index (χ2n) is 10.1. The number of hydrogen-bond donors (Lipinski definition) is 0. The van der Waals surface area contributed by atoms with Crippen LogP contribution in [0, 0.1) is 5.82 Å². The van der Waals surface area contributed by atoms with E-state index in [1.807, 2.05) is 56.7 Å². The fourth-order valence-electron chi connectivity index (χ4n) is 4.36. The van der Waals surface area contributed by atoms with Crippen LogP contribution in [0.25, 0.3) is 5.57 Å². The van der Waals surface area contributed by atoms with Gasteiger partial charge in [0.05, 0.1) is 20.3 Å². The molecule has 1 aromatic carbocycles. The monoisotopic (exact) mass is 571 g/mol. The van der Waals surface area contributed by atoms with Gasteiger partial charge in [-0.25, -0.2) is 14.1 Å². The van der Waals surface area contributed by atoms with Gasteiger partial charge in [0.15, 0.2) is 5.75 Å². The molecule has 1 aliphatic rings. The van der Waals surface area contributed by atoms with E-state index in [2.05, 4.69) is 28.2 Å². The Kier molecular flexibility index (Phi) is 9.56. The van der Waals surface area contributed by atoms with Gasteiger partial charge >= 0.3 is 144 Å². The van der Waals surface area contributed by atoms with Crippen LogP contribution < -0.4 is 14.4 Å². The van der Waals surface area contributed by atoms with Crippen LogP contribution in [-0.2, 0) is 18.4 Å². The minimum absolute atomic E-state index is 0.0475. The molecule has 1 fully saturated rings. The number of carbonyl (C=O) groups excluding carboxylic acids is 1. The number of ether oxygens (including phenoxy) is 2. The third-order valence-corrected chi connectivity index (χ3v) is 6.92. The first kappa shape index (κ1) is 30.2. The predicted octanol–water partition coefficient (Wildman–Crippen LogP) is 4.28. The molecule has 1 amide bonds. The van der Waals surface area contributed by atoms with Crippen LogP contribution in [0.1, 0.15) is 31.3 Å². The zero-order chi connectivity index (χ0) is 30.4. The third-order valence-electron chi connectivity index (χ3n) is 6.92. The average molecular weight is 571 g/mol. The maximum absolute atomic E-state index is 15.7. The molecule has 2 aromatic heterocycles. The van der Waals surface area contributed by atoms with Gasteiger partial charge in [0, 0.05) is 19.2 Å². The summed E-state index contributed by atoms with van der Waals surface area (Å²) in [5.74, 6) is 2.38. The van der Waals surface area contributed by atoms with E-state index in [1.54, 1.807) is 33.1 Å². The first-order valence-electron chi connectivity index (χ1n) is 13.3. The van der Waals surface area contributed by atoms with Gasteiger partial charge < -0.3 is 14.4 Å². The Hall–Kier alpha value is -4.74. The number of allylic oxidation sites excluding steroid dienone is 5. The molecule has 12 heteroatoms. The fourth-order valence-corrected chi connectivity index (χ4v) is 4.36. The van der Waals surface area contributed by atoms with Gasteiger partial charge in [-0.15, -0.1) is 0 Å². The van der Waals surface area contributed by atoms with Crippen LogP contribution in [0.5, 0.6) is 11.5 Å². The number of amides is 1. The van der Waals surface area contributed by atoms with Crippen LogP contribution >= 0.6 is 0 Å². The summed E-state index contributed by atoms with van der Waals surface area (Å²) >= 11 is 0. The van der Waals surface area contributed by atoms with Gasteiger partial charge in [0.25, 0.3) is 0 Å². The molecule has 0 radical (unpaired) electrons. The van der Waals surface area contributed by atoms with E-state index >= 15 is 4.39 Å². The molecule has 0 aliphatic carbocycles. The van der Waals surface area contributed by atoms with Crippen LogP contribution in [0.15, 0.2) is 77.9 Å². The van der Waals surface area contributed by atoms with Crippen molar-refractivity contribution in [1.29, 1.82) is 0 Å². The number of benzene rings is 1. The Morgan fingerprint density at radius 3 is 2.62 bits per heavy atom. The number of methoxy groups -OCH3 is 2. The minimum atomic E-state index is -0.549. The van der Waals surface area contributed by atoms with Gasteiger partial charge in [-0.05, 0) is 0 Å². The zero-order valence-corrected chi connectivity index (χ0v) is 24.6. The van der Waals surface area contributed by atoms with Crippen molar-refractivity contribution in [3.8, 4) is 11.5 Å².